The van der Waals surface area contributed by atoms with Crippen LogP contribution in [0.1, 0.15) is 6.92 Å². The summed E-state index contributed by atoms with van der Waals surface area (Å²) in [6.07, 6.45) is 4.61. The predicted octanol–water partition coefficient (Wildman–Crippen LogP) is 1.31. The number of hydrogen-bond acceptors (Lipinski definition) is 4. The van der Waals surface area contributed by atoms with E-state index in [1.54, 1.807) is 6.26 Å². The molecule has 1 aromatic rings. The zero-order valence-electron chi connectivity index (χ0n) is 8.03. The Bertz CT molecular complexity index is 334. The minimum absolute atomic E-state index is 0.0704. The Morgan fingerprint density at radius 2 is 2.43 bits per heavy atom. The van der Waals surface area contributed by atoms with Gasteiger partial charge in [0.2, 0.25) is 0 Å². The number of halogens is 1. The number of nitrogens with one attached hydrogen (secondary N) is 1. The average molecular weight is 234 g/mol. The zero-order valence-corrected chi connectivity index (χ0v) is 9.60. The second kappa shape index (κ2) is 5.26. The number of hydrogen-bond donors (Lipinski definition) is 1. The van der Waals surface area contributed by atoms with Gasteiger partial charge in [-0.05, 0) is 6.92 Å². The lowest BCUT2D eigenvalue weighted by atomic mass is 10.4. The first-order valence-electron chi connectivity index (χ1n) is 4.13. The van der Waals surface area contributed by atoms with Crippen molar-refractivity contribution in [2.24, 2.45) is 0 Å². The summed E-state index contributed by atoms with van der Waals surface area (Å²) in [4.78, 5) is 7.72. The average Bonchev–Trinajstić information content (AvgIpc) is 2.16. The van der Waals surface area contributed by atoms with Crippen molar-refractivity contribution in [1.29, 1.82) is 0 Å². The smallest absolute Gasteiger partial charge is 0.148 e. The SMILES string of the molecule is CC(CNc1ncncc1Cl)S(C)=O. The maximum atomic E-state index is 11.1. The van der Waals surface area contributed by atoms with Crippen LogP contribution >= 0.6 is 11.6 Å². The molecule has 0 saturated heterocycles. The third-order valence-electron chi connectivity index (χ3n) is 1.79. The fourth-order valence-corrected chi connectivity index (χ4v) is 1.29. The van der Waals surface area contributed by atoms with E-state index in [2.05, 4.69) is 15.3 Å². The standard InChI is InChI=1S/C8H12ClN3OS/c1-6(14(2)13)3-11-8-7(9)4-10-5-12-8/h4-6H,3H2,1-2H3,(H,10,11,12). The Labute approximate surface area is 90.6 Å². The summed E-state index contributed by atoms with van der Waals surface area (Å²) in [6.45, 7) is 2.48. The summed E-state index contributed by atoms with van der Waals surface area (Å²) in [5.41, 5.74) is 0. The van der Waals surface area contributed by atoms with Crippen molar-refractivity contribution in [1.82, 2.24) is 9.97 Å². The maximum absolute atomic E-state index is 11.1. The van der Waals surface area contributed by atoms with Crippen LogP contribution in [0.3, 0.4) is 0 Å². The third-order valence-corrected chi connectivity index (χ3v) is 3.37. The van der Waals surface area contributed by atoms with Crippen LogP contribution in [0.5, 0.6) is 0 Å². The van der Waals surface area contributed by atoms with Crippen LogP contribution < -0.4 is 5.32 Å². The summed E-state index contributed by atoms with van der Waals surface area (Å²) in [6, 6.07) is 0. The highest BCUT2D eigenvalue weighted by Gasteiger charge is 2.07. The maximum Gasteiger partial charge on any atom is 0.148 e. The van der Waals surface area contributed by atoms with E-state index in [4.69, 9.17) is 11.6 Å². The van der Waals surface area contributed by atoms with Gasteiger partial charge in [0.1, 0.15) is 17.2 Å². The Hall–Kier alpha value is -0.680. The molecule has 0 aliphatic carbocycles. The van der Waals surface area contributed by atoms with Gasteiger partial charge < -0.3 is 5.32 Å². The Balaban J connectivity index is 2.54. The van der Waals surface area contributed by atoms with Gasteiger partial charge in [-0.1, -0.05) is 11.6 Å². The molecule has 1 N–H and O–H groups in total. The van der Waals surface area contributed by atoms with Crippen LogP contribution in [0.2, 0.25) is 5.02 Å². The first-order valence-corrected chi connectivity index (χ1v) is 6.12. The monoisotopic (exact) mass is 233 g/mol. The molecule has 0 radical (unpaired) electrons. The summed E-state index contributed by atoms with van der Waals surface area (Å²) in [7, 11) is -0.840. The molecule has 1 rings (SSSR count). The molecular weight excluding hydrogens is 222 g/mol. The molecule has 0 aliphatic heterocycles. The van der Waals surface area contributed by atoms with Gasteiger partial charge >= 0.3 is 0 Å². The molecule has 2 atom stereocenters. The Morgan fingerprint density at radius 3 is 3.00 bits per heavy atom. The number of rotatable bonds is 4. The zero-order chi connectivity index (χ0) is 10.6. The van der Waals surface area contributed by atoms with E-state index >= 15 is 0 Å². The summed E-state index contributed by atoms with van der Waals surface area (Å²) in [5, 5.41) is 3.56. The van der Waals surface area contributed by atoms with E-state index in [1.807, 2.05) is 6.92 Å². The van der Waals surface area contributed by atoms with Crippen molar-refractivity contribution in [3.05, 3.63) is 17.5 Å². The van der Waals surface area contributed by atoms with Crippen molar-refractivity contribution in [3.8, 4) is 0 Å². The molecule has 1 aromatic heterocycles. The molecule has 2 unspecified atom stereocenters. The van der Waals surface area contributed by atoms with Crippen LogP contribution in [0.15, 0.2) is 12.5 Å². The minimum Gasteiger partial charge on any atom is -0.368 e. The van der Waals surface area contributed by atoms with Gasteiger partial charge in [0.25, 0.3) is 0 Å². The molecule has 6 heteroatoms. The highest BCUT2D eigenvalue weighted by Crippen LogP contribution is 2.15. The molecule has 78 valence electrons. The second-order valence-electron chi connectivity index (χ2n) is 2.91. The molecule has 1 heterocycles. The predicted molar refractivity (Wildman–Crippen MR) is 59.1 cm³/mol. The molecule has 0 saturated carbocycles. The van der Waals surface area contributed by atoms with Gasteiger partial charge in [0, 0.05) is 28.9 Å². The van der Waals surface area contributed by atoms with E-state index in [0.717, 1.165) is 0 Å². The lowest BCUT2D eigenvalue weighted by Crippen LogP contribution is -2.21. The first-order chi connectivity index (χ1) is 6.61. The van der Waals surface area contributed by atoms with Crippen LogP contribution in [0.25, 0.3) is 0 Å². The normalized spacial score (nSPS) is 14.8. The Kier molecular flexibility index (Phi) is 4.28. The van der Waals surface area contributed by atoms with Crippen LogP contribution in [-0.2, 0) is 10.8 Å². The molecule has 0 aromatic carbocycles. The topological polar surface area (TPSA) is 54.9 Å². The minimum atomic E-state index is -0.840. The first kappa shape index (κ1) is 11.4. The molecule has 0 aliphatic rings. The largest absolute Gasteiger partial charge is 0.368 e. The summed E-state index contributed by atoms with van der Waals surface area (Å²) >= 11 is 5.82. The molecule has 14 heavy (non-hydrogen) atoms. The van der Waals surface area contributed by atoms with Gasteiger partial charge in [-0.15, -0.1) is 0 Å². The lowest BCUT2D eigenvalue weighted by molar-refractivity contribution is 0.679. The van der Waals surface area contributed by atoms with E-state index in [-0.39, 0.29) is 5.25 Å². The van der Waals surface area contributed by atoms with E-state index in [9.17, 15) is 4.21 Å². The van der Waals surface area contributed by atoms with Gasteiger partial charge in [0.15, 0.2) is 0 Å². The second-order valence-corrected chi connectivity index (χ2v) is 5.12. The van der Waals surface area contributed by atoms with Crippen LogP contribution in [0.4, 0.5) is 5.82 Å². The third kappa shape index (κ3) is 3.23. The number of anilines is 1. The van der Waals surface area contributed by atoms with Crippen LogP contribution in [-0.4, -0.2) is 32.2 Å². The Morgan fingerprint density at radius 1 is 1.71 bits per heavy atom. The van der Waals surface area contributed by atoms with Gasteiger partial charge in [-0.25, -0.2) is 9.97 Å². The fourth-order valence-electron chi connectivity index (χ4n) is 0.800. The summed E-state index contributed by atoms with van der Waals surface area (Å²) in [5.74, 6) is 0.582. The number of nitrogens with zero attached hydrogens (tertiary/aromatic N) is 2. The van der Waals surface area contributed by atoms with Crippen molar-refractivity contribution in [2.75, 3.05) is 18.1 Å². The molecule has 0 amide bonds. The quantitative estimate of drug-likeness (QED) is 0.852. The number of aromatic nitrogens is 2. The fraction of sp³-hybridized carbons (Fsp3) is 0.500. The highest BCUT2D eigenvalue weighted by molar-refractivity contribution is 7.84. The lowest BCUT2D eigenvalue weighted by Gasteiger charge is -2.10. The molecule has 4 nitrogen and oxygen atoms in total. The van der Waals surface area contributed by atoms with E-state index in [1.165, 1.54) is 12.5 Å². The van der Waals surface area contributed by atoms with Gasteiger partial charge in [0.05, 0.1) is 6.20 Å². The molecule has 0 bridgehead atoms. The van der Waals surface area contributed by atoms with Crippen molar-refractivity contribution < 1.29 is 4.21 Å². The molecule has 0 spiro atoms. The molecular formula is C8H12ClN3OS. The van der Waals surface area contributed by atoms with Gasteiger partial charge in [-0.3, -0.25) is 4.21 Å². The van der Waals surface area contributed by atoms with Crippen LogP contribution in [0, 0.1) is 0 Å². The van der Waals surface area contributed by atoms with E-state index in [0.29, 0.717) is 17.4 Å². The summed E-state index contributed by atoms with van der Waals surface area (Å²) < 4.78 is 11.1. The van der Waals surface area contributed by atoms with E-state index < -0.39 is 10.8 Å². The highest BCUT2D eigenvalue weighted by atomic mass is 35.5. The van der Waals surface area contributed by atoms with Crippen molar-refractivity contribution in [2.45, 2.75) is 12.2 Å². The van der Waals surface area contributed by atoms with Gasteiger partial charge in [-0.2, -0.15) is 0 Å². The molecule has 0 fully saturated rings. The van der Waals surface area contributed by atoms with Crippen molar-refractivity contribution >= 4 is 28.2 Å². The van der Waals surface area contributed by atoms with Crippen molar-refractivity contribution in [3.63, 3.8) is 0 Å².